The van der Waals surface area contributed by atoms with Crippen LogP contribution in [0.3, 0.4) is 0 Å². The zero-order chi connectivity index (χ0) is 13.4. The SMILES string of the molecule is COC(=O)C(=O)NCCCN(C)c1ccccc1. The van der Waals surface area contributed by atoms with Crippen LogP contribution >= 0.6 is 0 Å². The van der Waals surface area contributed by atoms with Gasteiger partial charge in [-0.15, -0.1) is 0 Å². The number of para-hydroxylation sites is 1. The Morgan fingerprint density at radius 1 is 1.28 bits per heavy atom. The summed E-state index contributed by atoms with van der Waals surface area (Å²) in [7, 11) is 3.17. The number of esters is 1. The van der Waals surface area contributed by atoms with Crippen LogP contribution in [0.1, 0.15) is 6.42 Å². The van der Waals surface area contributed by atoms with Crippen molar-refractivity contribution in [1.29, 1.82) is 0 Å². The third-order valence-corrected chi connectivity index (χ3v) is 2.52. The molecular formula is C13H18N2O3. The van der Waals surface area contributed by atoms with Crippen molar-refractivity contribution in [3.8, 4) is 0 Å². The number of benzene rings is 1. The number of hydrogen-bond donors (Lipinski definition) is 1. The molecule has 5 nitrogen and oxygen atoms in total. The molecule has 0 atom stereocenters. The van der Waals surface area contributed by atoms with E-state index in [0.29, 0.717) is 6.54 Å². The molecular weight excluding hydrogens is 232 g/mol. The third-order valence-electron chi connectivity index (χ3n) is 2.52. The first-order valence-electron chi connectivity index (χ1n) is 5.77. The lowest BCUT2D eigenvalue weighted by atomic mass is 10.3. The molecule has 0 aliphatic heterocycles. The van der Waals surface area contributed by atoms with Gasteiger partial charge in [-0.1, -0.05) is 18.2 Å². The van der Waals surface area contributed by atoms with E-state index < -0.39 is 11.9 Å². The molecule has 1 aromatic rings. The van der Waals surface area contributed by atoms with Gasteiger partial charge in [0.05, 0.1) is 7.11 Å². The summed E-state index contributed by atoms with van der Waals surface area (Å²) in [5, 5.41) is 2.50. The lowest BCUT2D eigenvalue weighted by Gasteiger charge is -2.18. The fourth-order valence-corrected chi connectivity index (χ4v) is 1.49. The van der Waals surface area contributed by atoms with Crippen LogP contribution in [0.25, 0.3) is 0 Å². The van der Waals surface area contributed by atoms with Crippen molar-refractivity contribution in [2.45, 2.75) is 6.42 Å². The van der Waals surface area contributed by atoms with Gasteiger partial charge in [0.2, 0.25) is 0 Å². The quantitative estimate of drug-likeness (QED) is 0.477. The number of methoxy groups -OCH3 is 1. The number of nitrogens with one attached hydrogen (secondary N) is 1. The molecule has 0 heterocycles. The average Bonchev–Trinajstić information content (AvgIpc) is 2.43. The zero-order valence-corrected chi connectivity index (χ0v) is 10.7. The van der Waals surface area contributed by atoms with Crippen LogP contribution in [-0.2, 0) is 14.3 Å². The van der Waals surface area contributed by atoms with Crippen LogP contribution in [0.4, 0.5) is 5.69 Å². The van der Waals surface area contributed by atoms with Crippen LogP contribution in [0, 0.1) is 0 Å². The van der Waals surface area contributed by atoms with E-state index >= 15 is 0 Å². The highest BCUT2D eigenvalue weighted by atomic mass is 16.5. The zero-order valence-electron chi connectivity index (χ0n) is 10.7. The first-order chi connectivity index (χ1) is 8.65. The van der Waals surface area contributed by atoms with Crippen LogP contribution < -0.4 is 10.2 Å². The van der Waals surface area contributed by atoms with Crippen molar-refractivity contribution in [2.75, 3.05) is 32.1 Å². The Balaban J connectivity index is 2.22. The second-order valence-corrected chi connectivity index (χ2v) is 3.86. The van der Waals surface area contributed by atoms with E-state index in [4.69, 9.17) is 0 Å². The van der Waals surface area contributed by atoms with Gasteiger partial charge in [-0.25, -0.2) is 4.79 Å². The van der Waals surface area contributed by atoms with Crippen LogP contribution in [0.5, 0.6) is 0 Å². The van der Waals surface area contributed by atoms with E-state index in [1.54, 1.807) is 0 Å². The molecule has 0 aliphatic carbocycles. The molecule has 0 saturated carbocycles. The molecule has 0 spiro atoms. The predicted molar refractivity (Wildman–Crippen MR) is 69.4 cm³/mol. The molecule has 5 heteroatoms. The maximum atomic E-state index is 11.1. The number of anilines is 1. The van der Waals surface area contributed by atoms with E-state index in [1.165, 1.54) is 7.11 Å². The first-order valence-corrected chi connectivity index (χ1v) is 5.77. The molecule has 0 unspecified atom stereocenters. The van der Waals surface area contributed by atoms with E-state index in [9.17, 15) is 9.59 Å². The summed E-state index contributed by atoms with van der Waals surface area (Å²) in [5.41, 5.74) is 1.12. The largest absolute Gasteiger partial charge is 0.462 e. The topological polar surface area (TPSA) is 58.6 Å². The Morgan fingerprint density at radius 3 is 2.56 bits per heavy atom. The molecule has 1 aromatic carbocycles. The Morgan fingerprint density at radius 2 is 1.94 bits per heavy atom. The van der Waals surface area contributed by atoms with Gasteiger partial charge in [0.1, 0.15) is 0 Å². The minimum atomic E-state index is -0.855. The maximum absolute atomic E-state index is 11.1. The summed E-state index contributed by atoms with van der Waals surface area (Å²) in [5.74, 6) is -1.55. The highest BCUT2D eigenvalue weighted by Gasteiger charge is 2.11. The fourth-order valence-electron chi connectivity index (χ4n) is 1.49. The van der Waals surface area contributed by atoms with Gasteiger partial charge in [-0.3, -0.25) is 4.79 Å². The third kappa shape index (κ3) is 4.45. The summed E-state index contributed by atoms with van der Waals surface area (Å²) in [4.78, 5) is 24.0. The summed E-state index contributed by atoms with van der Waals surface area (Å²) in [6.07, 6.45) is 0.758. The van der Waals surface area contributed by atoms with Crippen molar-refractivity contribution in [2.24, 2.45) is 0 Å². The van der Waals surface area contributed by atoms with Gasteiger partial charge >= 0.3 is 11.9 Å². The van der Waals surface area contributed by atoms with Gasteiger partial charge in [-0.2, -0.15) is 0 Å². The van der Waals surface area contributed by atoms with Crippen molar-refractivity contribution < 1.29 is 14.3 Å². The number of rotatable bonds is 5. The van der Waals surface area contributed by atoms with Crippen LogP contribution in [0.15, 0.2) is 30.3 Å². The Labute approximate surface area is 107 Å². The molecule has 18 heavy (non-hydrogen) atoms. The minimum absolute atomic E-state index is 0.450. The monoisotopic (exact) mass is 250 g/mol. The molecule has 0 saturated heterocycles. The second-order valence-electron chi connectivity index (χ2n) is 3.86. The smallest absolute Gasteiger partial charge is 0.396 e. The molecule has 0 fully saturated rings. The second kappa shape index (κ2) is 7.32. The molecule has 0 bridgehead atoms. The van der Waals surface area contributed by atoms with Gasteiger partial charge < -0.3 is 15.0 Å². The van der Waals surface area contributed by atoms with E-state index in [2.05, 4.69) is 15.0 Å². The van der Waals surface area contributed by atoms with Gasteiger partial charge in [0.25, 0.3) is 0 Å². The van der Waals surface area contributed by atoms with Crippen LogP contribution in [0.2, 0.25) is 0 Å². The summed E-state index contributed by atoms with van der Waals surface area (Å²) in [6, 6.07) is 9.96. The molecule has 0 radical (unpaired) electrons. The van der Waals surface area contributed by atoms with Crippen molar-refractivity contribution in [3.63, 3.8) is 0 Å². The summed E-state index contributed by atoms with van der Waals surface area (Å²) >= 11 is 0. The number of ether oxygens (including phenoxy) is 1. The molecule has 1 amide bonds. The summed E-state index contributed by atoms with van der Waals surface area (Å²) in [6.45, 7) is 1.25. The highest BCUT2D eigenvalue weighted by Crippen LogP contribution is 2.10. The Kier molecular flexibility index (Phi) is 5.70. The van der Waals surface area contributed by atoms with E-state index in [0.717, 1.165) is 18.7 Å². The molecule has 0 aromatic heterocycles. The number of nitrogens with zero attached hydrogens (tertiary/aromatic N) is 1. The van der Waals surface area contributed by atoms with E-state index in [1.807, 2.05) is 37.4 Å². The molecule has 1 rings (SSSR count). The molecule has 0 aliphatic rings. The Hall–Kier alpha value is -2.04. The predicted octanol–water partition coefficient (Wildman–Crippen LogP) is 0.802. The normalized spacial score (nSPS) is 9.67. The summed E-state index contributed by atoms with van der Waals surface area (Å²) < 4.78 is 4.30. The lowest BCUT2D eigenvalue weighted by Crippen LogP contribution is -2.34. The van der Waals surface area contributed by atoms with Gasteiger partial charge in [-0.05, 0) is 18.6 Å². The van der Waals surface area contributed by atoms with E-state index in [-0.39, 0.29) is 0 Å². The molecule has 98 valence electrons. The highest BCUT2D eigenvalue weighted by molar-refractivity contribution is 6.32. The Bertz CT molecular complexity index is 392. The maximum Gasteiger partial charge on any atom is 0.396 e. The minimum Gasteiger partial charge on any atom is -0.462 e. The van der Waals surface area contributed by atoms with Crippen molar-refractivity contribution >= 4 is 17.6 Å². The number of hydrogen-bond acceptors (Lipinski definition) is 4. The van der Waals surface area contributed by atoms with Crippen LogP contribution in [-0.4, -0.2) is 39.1 Å². The lowest BCUT2D eigenvalue weighted by molar-refractivity contribution is -0.152. The first kappa shape index (κ1) is 14.0. The average molecular weight is 250 g/mol. The number of carbonyl (C=O) groups excluding carboxylic acids is 2. The van der Waals surface area contributed by atoms with Gasteiger partial charge in [0, 0.05) is 25.8 Å². The molecule has 1 N–H and O–H groups in total. The number of carbonyl (C=O) groups is 2. The van der Waals surface area contributed by atoms with Gasteiger partial charge in [0.15, 0.2) is 0 Å². The van der Waals surface area contributed by atoms with Crippen molar-refractivity contribution in [1.82, 2.24) is 5.32 Å². The fraction of sp³-hybridized carbons (Fsp3) is 0.385. The van der Waals surface area contributed by atoms with Crippen molar-refractivity contribution in [3.05, 3.63) is 30.3 Å². The number of amides is 1. The standard InChI is InChI=1S/C13H18N2O3/c1-15(11-7-4-3-5-8-11)10-6-9-14-12(16)13(17)18-2/h3-5,7-8H,6,9-10H2,1-2H3,(H,14,16).